The lowest BCUT2D eigenvalue weighted by Crippen LogP contribution is -2.14. The predicted molar refractivity (Wildman–Crippen MR) is 108 cm³/mol. The highest BCUT2D eigenvalue weighted by atomic mass is 14.3. The first-order valence-corrected chi connectivity index (χ1v) is 11.1. The van der Waals surface area contributed by atoms with Crippen LogP contribution < -0.4 is 0 Å². The topological polar surface area (TPSA) is 0 Å². The molecule has 0 radical (unpaired) electrons. The van der Waals surface area contributed by atoms with Crippen molar-refractivity contribution < 1.29 is 0 Å². The van der Waals surface area contributed by atoms with E-state index >= 15 is 0 Å². The zero-order valence-electron chi connectivity index (χ0n) is 16.5. The molecule has 0 heterocycles. The zero-order valence-corrected chi connectivity index (χ0v) is 16.5. The van der Waals surface area contributed by atoms with E-state index in [9.17, 15) is 0 Å². The van der Waals surface area contributed by atoms with Crippen LogP contribution in [0.3, 0.4) is 0 Å². The molecule has 0 N–H and O–H groups in total. The third kappa shape index (κ3) is 7.58. The van der Waals surface area contributed by atoms with E-state index in [2.05, 4.69) is 38.2 Å². The minimum atomic E-state index is 0.875. The molecule has 0 aliphatic heterocycles. The zero-order chi connectivity index (χ0) is 17.0. The van der Waals surface area contributed by atoms with Gasteiger partial charge in [0.25, 0.3) is 0 Å². The lowest BCUT2D eigenvalue weighted by Gasteiger charge is -2.28. The number of allylic oxidation sites excluding steroid dienone is 4. The molecule has 2 aliphatic rings. The van der Waals surface area contributed by atoms with Gasteiger partial charge in [-0.15, -0.1) is 0 Å². The van der Waals surface area contributed by atoms with E-state index in [1.165, 1.54) is 89.9 Å². The molecule has 0 aromatic rings. The van der Waals surface area contributed by atoms with Crippen LogP contribution in [0.25, 0.3) is 0 Å². The molecule has 2 rings (SSSR count). The van der Waals surface area contributed by atoms with Gasteiger partial charge in [0, 0.05) is 0 Å². The van der Waals surface area contributed by atoms with Crippen LogP contribution in [-0.2, 0) is 0 Å². The standard InChI is InChI=1S/C24H42/c1-3-5-6-10-22-17-19-24(20-18-22)12-8-7-11-23-15-13-21(9-4-2)14-16-23/h6,8,10,12,21-24H,3-5,7,9,11,13-20H2,1-2H3/b10-6+,12-8+/t21-,22-,23-,24-. The van der Waals surface area contributed by atoms with Crippen LogP contribution in [0.1, 0.15) is 104 Å². The van der Waals surface area contributed by atoms with Crippen LogP contribution in [0.5, 0.6) is 0 Å². The number of unbranched alkanes of at least 4 members (excludes halogenated alkanes) is 1. The fraction of sp³-hybridized carbons (Fsp3) is 0.833. The fourth-order valence-corrected chi connectivity index (χ4v) is 4.82. The van der Waals surface area contributed by atoms with E-state index in [1.54, 1.807) is 0 Å². The highest BCUT2D eigenvalue weighted by molar-refractivity contribution is 4.96. The van der Waals surface area contributed by atoms with Gasteiger partial charge in [-0.1, -0.05) is 83.1 Å². The van der Waals surface area contributed by atoms with Gasteiger partial charge in [-0.3, -0.25) is 0 Å². The first kappa shape index (κ1) is 19.8. The molecular formula is C24H42. The summed E-state index contributed by atoms with van der Waals surface area (Å²) in [4.78, 5) is 0. The Balaban J connectivity index is 1.54. The van der Waals surface area contributed by atoms with Crippen molar-refractivity contribution in [2.75, 3.05) is 0 Å². The monoisotopic (exact) mass is 330 g/mol. The van der Waals surface area contributed by atoms with Crippen molar-refractivity contribution in [2.24, 2.45) is 23.7 Å². The SMILES string of the molecule is CCC/C=C/[C@H]1CC[C@H](/C=C/CC[C@H]2CC[C@H](CCC)CC2)CC1. The molecule has 2 fully saturated rings. The first-order chi connectivity index (χ1) is 11.8. The Bertz CT molecular complexity index is 348. The minimum absolute atomic E-state index is 0.875. The number of hydrogen-bond acceptors (Lipinski definition) is 0. The second-order valence-electron chi connectivity index (χ2n) is 8.57. The third-order valence-corrected chi connectivity index (χ3v) is 6.49. The summed E-state index contributed by atoms with van der Waals surface area (Å²) in [5.41, 5.74) is 0. The van der Waals surface area contributed by atoms with Gasteiger partial charge < -0.3 is 0 Å². The summed E-state index contributed by atoms with van der Waals surface area (Å²) in [6.45, 7) is 4.61. The maximum Gasteiger partial charge on any atom is -0.0233 e. The van der Waals surface area contributed by atoms with Crippen LogP contribution in [0.2, 0.25) is 0 Å². The molecule has 0 spiro atoms. The summed E-state index contributed by atoms with van der Waals surface area (Å²) < 4.78 is 0. The quantitative estimate of drug-likeness (QED) is 0.375. The van der Waals surface area contributed by atoms with E-state index < -0.39 is 0 Å². The molecule has 2 aliphatic carbocycles. The van der Waals surface area contributed by atoms with Crippen molar-refractivity contribution in [1.82, 2.24) is 0 Å². The Morgan fingerprint density at radius 1 is 0.583 bits per heavy atom. The largest absolute Gasteiger partial charge is 0.0883 e. The highest BCUT2D eigenvalue weighted by Gasteiger charge is 2.20. The van der Waals surface area contributed by atoms with Gasteiger partial charge in [-0.05, 0) is 68.6 Å². The first-order valence-electron chi connectivity index (χ1n) is 11.1. The van der Waals surface area contributed by atoms with Crippen LogP contribution in [0.4, 0.5) is 0 Å². The van der Waals surface area contributed by atoms with Crippen molar-refractivity contribution in [1.29, 1.82) is 0 Å². The highest BCUT2D eigenvalue weighted by Crippen LogP contribution is 2.34. The molecule has 0 atom stereocenters. The van der Waals surface area contributed by atoms with Crippen molar-refractivity contribution in [3.05, 3.63) is 24.3 Å². The van der Waals surface area contributed by atoms with E-state index in [4.69, 9.17) is 0 Å². The summed E-state index contributed by atoms with van der Waals surface area (Å²) in [6, 6.07) is 0. The Kier molecular flexibility index (Phi) is 9.85. The van der Waals surface area contributed by atoms with Crippen LogP contribution in [0.15, 0.2) is 24.3 Å². The molecule has 138 valence electrons. The molecule has 2 saturated carbocycles. The maximum absolute atomic E-state index is 2.56. The molecule has 0 aromatic heterocycles. The van der Waals surface area contributed by atoms with Gasteiger partial charge in [0.2, 0.25) is 0 Å². The van der Waals surface area contributed by atoms with Gasteiger partial charge in [0.05, 0.1) is 0 Å². The average Bonchev–Trinajstić information content (AvgIpc) is 2.62. The van der Waals surface area contributed by atoms with Gasteiger partial charge in [0.15, 0.2) is 0 Å². The second kappa shape index (κ2) is 11.9. The number of rotatable bonds is 9. The number of hydrogen-bond donors (Lipinski definition) is 0. The fourth-order valence-electron chi connectivity index (χ4n) is 4.82. The molecule has 0 heteroatoms. The van der Waals surface area contributed by atoms with Crippen LogP contribution in [-0.4, -0.2) is 0 Å². The Morgan fingerprint density at radius 3 is 1.58 bits per heavy atom. The molecule has 0 aromatic carbocycles. The summed E-state index contributed by atoms with van der Waals surface area (Å²) in [6.07, 6.45) is 29.9. The molecule has 24 heavy (non-hydrogen) atoms. The maximum atomic E-state index is 2.56. The summed E-state index contributed by atoms with van der Waals surface area (Å²) >= 11 is 0. The second-order valence-corrected chi connectivity index (χ2v) is 8.57. The smallest absolute Gasteiger partial charge is 0.0233 e. The molecule has 0 amide bonds. The molecular weight excluding hydrogens is 288 g/mol. The molecule has 0 bridgehead atoms. The Morgan fingerprint density at radius 2 is 1.08 bits per heavy atom. The summed E-state index contributed by atoms with van der Waals surface area (Å²) in [5, 5.41) is 0. The van der Waals surface area contributed by atoms with Crippen LogP contribution in [0, 0.1) is 23.7 Å². The van der Waals surface area contributed by atoms with Crippen molar-refractivity contribution in [3.63, 3.8) is 0 Å². The average molecular weight is 331 g/mol. The molecule has 0 unspecified atom stereocenters. The van der Waals surface area contributed by atoms with Gasteiger partial charge in [-0.2, -0.15) is 0 Å². The van der Waals surface area contributed by atoms with E-state index in [0.29, 0.717) is 0 Å². The minimum Gasteiger partial charge on any atom is -0.0883 e. The van der Waals surface area contributed by atoms with Crippen LogP contribution >= 0.6 is 0 Å². The van der Waals surface area contributed by atoms with E-state index in [-0.39, 0.29) is 0 Å². The van der Waals surface area contributed by atoms with Crippen molar-refractivity contribution in [3.8, 4) is 0 Å². The van der Waals surface area contributed by atoms with Crippen molar-refractivity contribution >= 4 is 0 Å². The summed E-state index contributed by atoms with van der Waals surface area (Å²) in [7, 11) is 0. The summed E-state index contributed by atoms with van der Waals surface area (Å²) in [5.74, 6) is 3.84. The van der Waals surface area contributed by atoms with Gasteiger partial charge in [0.1, 0.15) is 0 Å². The van der Waals surface area contributed by atoms with Crippen molar-refractivity contribution in [2.45, 2.75) is 104 Å². The Hall–Kier alpha value is -0.520. The molecule has 0 nitrogen and oxygen atoms in total. The molecule has 0 saturated heterocycles. The van der Waals surface area contributed by atoms with Gasteiger partial charge >= 0.3 is 0 Å². The predicted octanol–water partition coefficient (Wildman–Crippen LogP) is 8.09. The van der Waals surface area contributed by atoms with E-state index in [1.807, 2.05) is 0 Å². The van der Waals surface area contributed by atoms with E-state index in [0.717, 1.165) is 23.7 Å². The lowest BCUT2D eigenvalue weighted by molar-refractivity contribution is 0.253. The Labute approximate surface area is 152 Å². The van der Waals surface area contributed by atoms with Gasteiger partial charge in [-0.25, -0.2) is 0 Å². The normalized spacial score (nSPS) is 31.9. The third-order valence-electron chi connectivity index (χ3n) is 6.49. The lowest BCUT2D eigenvalue weighted by atomic mass is 9.78.